The highest BCUT2D eigenvalue weighted by Gasteiger charge is 2.29. The van der Waals surface area contributed by atoms with Crippen LogP contribution in [0.2, 0.25) is 0 Å². The molecule has 1 heterocycles. The lowest BCUT2D eigenvalue weighted by Gasteiger charge is -2.33. The van der Waals surface area contributed by atoms with Gasteiger partial charge >= 0.3 is 6.09 Å². The van der Waals surface area contributed by atoms with Gasteiger partial charge in [-0.25, -0.2) is 9.18 Å². The number of carbonyl (C=O) groups is 2. The largest absolute Gasteiger partial charge is 0.444 e. The Labute approximate surface area is 150 Å². The number of carbonyl (C=O) groups excluding carboxylic acids is 2. The Balaban J connectivity index is 1.89. The minimum Gasteiger partial charge on any atom is -0.444 e. The lowest BCUT2D eigenvalue weighted by Crippen LogP contribution is -2.43. The van der Waals surface area contributed by atoms with Gasteiger partial charge < -0.3 is 9.64 Å². The monoisotopic (exact) mass is 399 g/mol. The van der Waals surface area contributed by atoms with Crippen LogP contribution in [-0.2, 0) is 16.0 Å². The summed E-state index contributed by atoms with van der Waals surface area (Å²) < 4.78 is 19.4. The van der Waals surface area contributed by atoms with Gasteiger partial charge in [0.05, 0.1) is 0 Å². The lowest BCUT2D eigenvalue weighted by atomic mass is 9.89. The van der Waals surface area contributed by atoms with Crippen molar-refractivity contribution in [3.63, 3.8) is 0 Å². The van der Waals surface area contributed by atoms with E-state index in [1.807, 2.05) is 20.8 Å². The molecule has 0 unspecified atom stereocenters. The van der Waals surface area contributed by atoms with Gasteiger partial charge in [-0.3, -0.25) is 4.79 Å². The second-order valence-electron chi connectivity index (χ2n) is 7.12. The number of hydrogen-bond donors (Lipinski definition) is 0. The summed E-state index contributed by atoms with van der Waals surface area (Å²) in [4.78, 5) is 26.1. The molecule has 6 heteroatoms. The number of amides is 1. The van der Waals surface area contributed by atoms with Gasteiger partial charge in [0.1, 0.15) is 17.2 Å². The molecule has 1 saturated heterocycles. The topological polar surface area (TPSA) is 46.6 Å². The minimum absolute atomic E-state index is 0.0881. The number of ether oxygens (including phenoxy) is 1. The number of nitrogens with zero attached hydrogens (tertiary/aromatic N) is 1. The van der Waals surface area contributed by atoms with Crippen LogP contribution in [-0.4, -0.2) is 35.5 Å². The van der Waals surface area contributed by atoms with Gasteiger partial charge in [0.25, 0.3) is 0 Å². The van der Waals surface area contributed by atoms with E-state index in [0.717, 1.165) is 4.47 Å². The van der Waals surface area contributed by atoms with Crippen molar-refractivity contribution in [1.82, 2.24) is 4.90 Å². The third kappa shape index (κ3) is 5.30. The zero-order valence-corrected chi connectivity index (χ0v) is 15.9. The molecule has 1 amide bonds. The second-order valence-corrected chi connectivity index (χ2v) is 7.97. The third-order valence-corrected chi connectivity index (χ3v) is 4.75. The molecule has 1 aromatic carbocycles. The Kier molecular flexibility index (Phi) is 6.01. The smallest absolute Gasteiger partial charge is 0.410 e. The number of likely N-dealkylation sites (tertiary alicyclic amines) is 1. The lowest BCUT2D eigenvalue weighted by molar-refractivity contribution is -0.123. The van der Waals surface area contributed by atoms with Gasteiger partial charge in [-0.2, -0.15) is 0 Å². The predicted molar refractivity (Wildman–Crippen MR) is 93.3 cm³/mol. The van der Waals surface area contributed by atoms with Crippen LogP contribution >= 0.6 is 15.9 Å². The molecule has 1 aromatic rings. The summed E-state index contributed by atoms with van der Waals surface area (Å²) in [6.45, 7) is 6.51. The van der Waals surface area contributed by atoms with Crippen LogP contribution in [0.25, 0.3) is 0 Å². The van der Waals surface area contributed by atoms with Gasteiger partial charge in [-0.15, -0.1) is 0 Å². The number of ketones is 1. The number of Topliss-reactive ketones (excluding diaryl/α,β-unsaturated/α-hetero) is 1. The Morgan fingerprint density at radius 3 is 2.50 bits per heavy atom. The van der Waals surface area contributed by atoms with E-state index in [-0.39, 0.29) is 30.0 Å². The first-order valence-electron chi connectivity index (χ1n) is 8.10. The van der Waals surface area contributed by atoms with Gasteiger partial charge in [0, 0.05) is 29.9 Å². The molecular formula is C18H23BrFNO3. The average molecular weight is 400 g/mol. The van der Waals surface area contributed by atoms with Crippen LogP contribution in [0.4, 0.5) is 9.18 Å². The van der Waals surface area contributed by atoms with Crippen LogP contribution in [0.3, 0.4) is 0 Å². The van der Waals surface area contributed by atoms with Crippen molar-refractivity contribution in [2.75, 3.05) is 13.1 Å². The van der Waals surface area contributed by atoms with Crippen molar-refractivity contribution in [3.8, 4) is 0 Å². The van der Waals surface area contributed by atoms with Crippen LogP contribution < -0.4 is 0 Å². The summed E-state index contributed by atoms with van der Waals surface area (Å²) in [5.41, 5.74) is 0.141. The maximum Gasteiger partial charge on any atom is 0.410 e. The van der Waals surface area contributed by atoms with Crippen molar-refractivity contribution < 1.29 is 18.7 Å². The molecule has 0 aromatic heterocycles. The number of hydrogen-bond acceptors (Lipinski definition) is 3. The van der Waals surface area contributed by atoms with Crippen molar-refractivity contribution in [3.05, 3.63) is 34.1 Å². The molecule has 0 atom stereocenters. The molecule has 0 N–H and O–H groups in total. The first-order chi connectivity index (χ1) is 11.2. The zero-order valence-electron chi connectivity index (χ0n) is 14.3. The van der Waals surface area contributed by atoms with Crippen molar-refractivity contribution >= 4 is 27.8 Å². The Hall–Kier alpha value is -1.43. The molecule has 2 rings (SSSR count). The average Bonchev–Trinajstić information content (AvgIpc) is 2.49. The second kappa shape index (κ2) is 7.64. The Morgan fingerprint density at radius 1 is 1.29 bits per heavy atom. The van der Waals surface area contributed by atoms with Gasteiger partial charge in [0.15, 0.2) is 0 Å². The quantitative estimate of drug-likeness (QED) is 0.758. The maximum atomic E-state index is 13.3. The van der Waals surface area contributed by atoms with Gasteiger partial charge in [-0.1, -0.05) is 15.9 Å². The minimum atomic E-state index is -0.520. The SMILES string of the molecule is CC(C)(C)OC(=O)N1CCC(C(=O)Cc2cc(F)ccc2Br)CC1. The number of piperidine rings is 1. The van der Waals surface area contributed by atoms with E-state index in [1.165, 1.54) is 12.1 Å². The molecule has 0 saturated carbocycles. The van der Waals surface area contributed by atoms with E-state index in [4.69, 9.17) is 4.74 Å². The number of benzene rings is 1. The molecule has 0 radical (unpaired) electrons. The zero-order chi connectivity index (χ0) is 17.9. The first-order valence-corrected chi connectivity index (χ1v) is 8.89. The van der Waals surface area contributed by atoms with Crippen molar-refractivity contribution in [2.45, 2.75) is 45.6 Å². The summed E-state index contributed by atoms with van der Waals surface area (Å²) in [6.07, 6.45) is 1.10. The maximum absolute atomic E-state index is 13.3. The number of halogens is 2. The molecule has 4 nitrogen and oxygen atoms in total. The highest BCUT2D eigenvalue weighted by Crippen LogP contribution is 2.24. The third-order valence-electron chi connectivity index (χ3n) is 3.97. The Morgan fingerprint density at radius 2 is 1.92 bits per heavy atom. The summed E-state index contributed by atoms with van der Waals surface area (Å²) in [5.74, 6) is -0.357. The van der Waals surface area contributed by atoms with Crippen LogP contribution in [0, 0.1) is 11.7 Å². The fourth-order valence-electron chi connectivity index (χ4n) is 2.72. The van der Waals surface area contributed by atoms with E-state index in [0.29, 0.717) is 31.5 Å². The molecular weight excluding hydrogens is 377 g/mol. The van der Waals surface area contributed by atoms with Crippen LogP contribution in [0.1, 0.15) is 39.2 Å². The van der Waals surface area contributed by atoms with Gasteiger partial charge in [-0.05, 0) is 57.4 Å². The van der Waals surface area contributed by atoms with E-state index in [9.17, 15) is 14.0 Å². The summed E-state index contributed by atoms with van der Waals surface area (Å²) >= 11 is 3.35. The van der Waals surface area contributed by atoms with E-state index in [1.54, 1.807) is 11.0 Å². The number of rotatable bonds is 3. The highest BCUT2D eigenvalue weighted by atomic mass is 79.9. The molecule has 132 valence electrons. The fraction of sp³-hybridized carbons (Fsp3) is 0.556. The predicted octanol–water partition coefficient (Wildman–Crippen LogP) is 4.35. The van der Waals surface area contributed by atoms with Crippen molar-refractivity contribution in [2.24, 2.45) is 5.92 Å². The Bertz CT molecular complexity index is 619. The summed E-state index contributed by atoms with van der Waals surface area (Å²) in [6, 6.07) is 4.36. The highest BCUT2D eigenvalue weighted by molar-refractivity contribution is 9.10. The van der Waals surface area contributed by atoms with E-state index >= 15 is 0 Å². The van der Waals surface area contributed by atoms with Crippen molar-refractivity contribution in [1.29, 1.82) is 0 Å². The van der Waals surface area contributed by atoms with Crippen LogP contribution in [0.5, 0.6) is 0 Å². The molecule has 24 heavy (non-hydrogen) atoms. The molecule has 1 fully saturated rings. The first kappa shape index (κ1) is 18.9. The molecule has 1 aliphatic rings. The summed E-state index contributed by atoms with van der Waals surface area (Å²) in [7, 11) is 0. The van der Waals surface area contributed by atoms with Crippen LogP contribution in [0.15, 0.2) is 22.7 Å². The molecule has 0 bridgehead atoms. The normalized spacial score (nSPS) is 16.1. The molecule has 0 aliphatic carbocycles. The molecule has 0 spiro atoms. The van der Waals surface area contributed by atoms with E-state index < -0.39 is 5.60 Å². The standard InChI is InChI=1S/C18H23BrFNO3/c1-18(2,3)24-17(23)21-8-6-12(7-9-21)16(22)11-13-10-14(20)4-5-15(13)19/h4-5,10,12H,6-9,11H2,1-3H3. The summed E-state index contributed by atoms with van der Waals surface area (Å²) in [5, 5.41) is 0. The van der Waals surface area contributed by atoms with Gasteiger partial charge in [0.2, 0.25) is 0 Å². The molecule has 1 aliphatic heterocycles. The van der Waals surface area contributed by atoms with E-state index in [2.05, 4.69) is 15.9 Å². The fourth-order valence-corrected chi connectivity index (χ4v) is 3.11.